The van der Waals surface area contributed by atoms with E-state index in [1.54, 1.807) is 6.07 Å². The van der Waals surface area contributed by atoms with Crippen molar-refractivity contribution in [2.24, 2.45) is 17.6 Å². The fourth-order valence-electron chi connectivity index (χ4n) is 3.29. The van der Waals surface area contributed by atoms with Crippen LogP contribution in [-0.4, -0.2) is 23.9 Å². The van der Waals surface area contributed by atoms with Crippen LogP contribution in [-0.2, 0) is 4.79 Å². The number of benzene rings is 1. The van der Waals surface area contributed by atoms with Crippen molar-refractivity contribution in [3.05, 3.63) is 35.6 Å². The minimum atomic E-state index is -0.255. The number of halogens is 1. The number of nitrogens with two attached hydrogens (primary N) is 1. The van der Waals surface area contributed by atoms with E-state index in [1.807, 2.05) is 12.1 Å². The Bertz CT molecular complexity index is 473. The molecule has 110 valence electrons. The van der Waals surface area contributed by atoms with Crippen molar-refractivity contribution in [3.63, 3.8) is 0 Å². The van der Waals surface area contributed by atoms with Crippen LogP contribution in [0.2, 0.25) is 0 Å². The minimum Gasteiger partial charge on any atom is -0.369 e. The van der Waals surface area contributed by atoms with Crippen molar-refractivity contribution in [2.75, 3.05) is 13.1 Å². The highest BCUT2D eigenvalue weighted by molar-refractivity contribution is 5.78. The SMILES string of the molecule is CCN(CC)C(c1ccccc1F)C1CCC1C(N)=O. The van der Waals surface area contributed by atoms with E-state index < -0.39 is 0 Å². The maximum atomic E-state index is 14.2. The lowest BCUT2D eigenvalue weighted by Gasteiger charge is -2.45. The maximum Gasteiger partial charge on any atom is 0.220 e. The van der Waals surface area contributed by atoms with E-state index in [0.29, 0.717) is 5.56 Å². The molecule has 0 spiro atoms. The Balaban J connectivity index is 2.35. The van der Waals surface area contributed by atoms with Gasteiger partial charge in [0, 0.05) is 17.5 Å². The maximum absolute atomic E-state index is 14.2. The van der Waals surface area contributed by atoms with Gasteiger partial charge >= 0.3 is 0 Å². The molecular formula is C16H23FN2O. The van der Waals surface area contributed by atoms with Crippen molar-refractivity contribution in [1.29, 1.82) is 0 Å². The average molecular weight is 278 g/mol. The quantitative estimate of drug-likeness (QED) is 0.869. The molecule has 0 bridgehead atoms. The zero-order valence-electron chi connectivity index (χ0n) is 12.2. The zero-order chi connectivity index (χ0) is 14.7. The largest absolute Gasteiger partial charge is 0.369 e. The lowest BCUT2D eigenvalue weighted by molar-refractivity contribution is -0.129. The van der Waals surface area contributed by atoms with E-state index in [1.165, 1.54) is 6.07 Å². The Morgan fingerprint density at radius 2 is 2.00 bits per heavy atom. The van der Waals surface area contributed by atoms with Gasteiger partial charge in [-0.3, -0.25) is 9.69 Å². The molecule has 0 radical (unpaired) electrons. The molecule has 20 heavy (non-hydrogen) atoms. The summed E-state index contributed by atoms with van der Waals surface area (Å²) < 4.78 is 14.2. The van der Waals surface area contributed by atoms with Gasteiger partial charge in [-0.15, -0.1) is 0 Å². The van der Waals surface area contributed by atoms with Crippen LogP contribution >= 0.6 is 0 Å². The molecule has 0 heterocycles. The summed E-state index contributed by atoms with van der Waals surface area (Å²) in [5, 5.41) is 0. The van der Waals surface area contributed by atoms with Gasteiger partial charge in [0.1, 0.15) is 5.82 Å². The second-order valence-corrected chi connectivity index (χ2v) is 5.44. The summed E-state index contributed by atoms with van der Waals surface area (Å²) in [7, 11) is 0. The highest BCUT2D eigenvalue weighted by atomic mass is 19.1. The number of nitrogens with zero attached hydrogens (tertiary/aromatic N) is 1. The van der Waals surface area contributed by atoms with Crippen LogP contribution in [0.5, 0.6) is 0 Å². The van der Waals surface area contributed by atoms with Crippen molar-refractivity contribution in [1.82, 2.24) is 4.90 Å². The molecule has 3 atom stereocenters. The van der Waals surface area contributed by atoms with Gasteiger partial charge in [-0.1, -0.05) is 32.0 Å². The van der Waals surface area contributed by atoms with E-state index >= 15 is 0 Å². The summed E-state index contributed by atoms with van der Waals surface area (Å²) in [4.78, 5) is 13.7. The van der Waals surface area contributed by atoms with E-state index in [4.69, 9.17) is 5.73 Å². The van der Waals surface area contributed by atoms with Crippen molar-refractivity contribution >= 4 is 5.91 Å². The Morgan fingerprint density at radius 1 is 1.35 bits per heavy atom. The number of carbonyl (C=O) groups is 1. The second-order valence-electron chi connectivity index (χ2n) is 5.44. The molecule has 4 heteroatoms. The monoisotopic (exact) mass is 278 g/mol. The van der Waals surface area contributed by atoms with Gasteiger partial charge in [-0.05, 0) is 37.9 Å². The minimum absolute atomic E-state index is 0.0579. The van der Waals surface area contributed by atoms with E-state index in [2.05, 4.69) is 18.7 Å². The standard InChI is InChI=1S/C16H23FN2O/c1-3-19(4-2)15(11-9-10-12(11)16(18)20)13-7-5-6-8-14(13)17/h5-8,11-12,15H,3-4,9-10H2,1-2H3,(H2,18,20). The number of primary amides is 1. The highest BCUT2D eigenvalue weighted by Gasteiger charge is 2.43. The molecule has 1 fully saturated rings. The first-order chi connectivity index (χ1) is 9.60. The van der Waals surface area contributed by atoms with Crippen molar-refractivity contribution < 1.29 is 9.18 Å². The van der Waals surface area contributed by atoms with Crippen LogP contribution in [0.1, 0.15) is 38.3 Å². The molecule has 3 nitrogen and oxygen atoms in total. The Hall–Kier alpha value is -1.42. The smallest absolute Gasteiger partial charge is 0.220 e. The van der Waals surface area contributed by atoms with Gasteiger partial charge < -0.3 is 5.73 Å². The normalized spacial score (nSPS) is 23.4. The molecule has 1 aliphatic rings. The first-order valence-electron chi connectivity index (χ1n) is 7.37. The van der Waals surface area contributed by atoms with E-state index in [9.17, 15) is 9.18 Å². The van der Waals surface area contributed by atoms with Gasteiger partial charge in [0.15, 0.2) is 0 Å². The molecule has 1 aromatic rings. The Labute approximate surface area is 120 Å². The number of carbonyl (C=O) groups excluding carboxylic acids is 1. The molecule has 0 saturated heterocycles. The molecule has 1 saturated carbocycles. The van der Waals surface area contributed by atoms with E-state index in [-0.39, 0.29) is 29.6 Å². The predicted molar refractivity (Wildman–Crippen MR) is 77.5 cm³/mol. The molecule has 1 amide bonds. The van der Waals surface area contributed by atoms with Crippen LogP contribution in [0, 0.1) is 17.7 Å². The van der Waals surface area contributed by atoms with Crippen LogP contribution in [0.4, 0.5) is 4.39 Å². The molecular weight excluding hydrogens is 255 g/mol. The number of amides is 1. The Kier molecular flexibility index (Phi) is 4.76. The third-order valence-electron chi connectivity index (χ3n) is 4.53. The fraction of sp³-hybridized carbons (Fsp3) is 0.562. The highest BCUT2D eigenvalue weighted by Crippen LogP contribution is 2.46. The molecule has 0 aliphatic heterocycles. The van der Waals surface area contributed by atoms with Crippen molar-refractivity contribution in [3.8, 4) is 0 Å². The number of hydrogen-bond acceptors (Lipinski definition) is 2. The van der Waals surface area contributed by atoms with Crippen LogP contribution in [0.3, 0.4) is 0 Å². The van der Waals surface area contributed by atoms with E-state index in [0.717, 1.165) is 25.9 Å². The summed E-state index contributed by atoms with van der Waals surface area (Å²) in [6, 6.07) is 6.81. The topological polar surface area (TPSA) is 46.3 Å². The first kappa shape index (κ1) is 15.0. The molecule has 0 aromatic heterocycles. The van der Waals surface area contributed by atoms with Gasteiger partial charge in [0.25, 0.3) is 0 Å². The molecule has 2 rings (SSSR count). The van der Waals surface area contributed by atoms with Gasteiger partial charge in [-0.25, -0.2) is 4.39 Å². The Morgan fingerprint density at radius 3 is 2.45 bits per heavy atom. The fourth-order valence-corrected chi connectivity index (χ4v) is 3.29. The second kappa shape index (κ2) is 6.35. The summed E-state index contributed by atoms with van der Waals surface area (Å²) in [5.74, 6) is -0.446. The first-order valence-corrected chi connectivity index (χ1v) is 7.37. The van der Waals surface area contributed by atoms with Crippen LogP contribution in [0.15, 0.2) is 24.3 Å². The summed E-state index contributed by atoms with van der Waals surface area (Å²) in [5.41, 5.74) is 6.16. The van der Waals surface area contributed by atoms with Crippen molar-refractivity contribution in [2.45, 2.75) is 32.7 Å². The lowest BCUT2D eigenvalue weighted by Crippen LogP contribution is -2.46. The van der Waals surface area contributed by atoms with Crippen LogP contribution < -0.4 is 5.73 Å². The predicted octanol–water partition coefficient (Wildman–Crippen LogP) is 2.72. The van der Waals surface area contributed by atoms with Gasteiger partial charge in [-0.2, -0.15) is 0 Å². The molecule has 3 unspecified atom stereocenters. The van der Waals surface area contributed by atoms with Gasteiger partial charge in [0.05, 0.1) is 0 Å². The van der Waals surface area contributed by atoms with Crippen LogP contribution in [0.25, 0.3) is 0 Å². The summed E-state index contributed by atoms with van der Waals surface area (Å²) in [6.07, 6.45) is 1.76. The molecule has 2 N–H and O–H groups in total. The lowest BCUT2D eigenvalue weighted by atomic mass is 9.67. The van der Waals surface area contributed by atoms with Gasteiger partial charge in [0.2, 0.25) is 5.91 Å². The number of hydrogen-bond donors (Lipinski definition) is 1. The average Bonchev–Trinajstić information content (AvgIpc) is 2.37. The third kappa shape index (κ3) is 2.70. The number of rotatable bonds is 6. The molecule has 1 aliphatic carbocycles. The summed E-state index contributed by atoms with van der Waals surface area (Å²) >= 11 is 0. The third-order valence-corrected chi connectivity index (χ3v) is 4.53. The molecule has 1 aromatic carbocycles. The summed E-state index contributed by atoms with van der Waals surface area (Å²) in [6.45, 7) is 5.79. The zero-order valence-corrected chi connectivity index (χ0v) is 12.2.